The first-order chi connectivity index (χ1) is 17.9. The number of anilines is 4. The number of pyridine rings is 1. The van der Waals surface area contributed by atoms with Gasteiger partial charge in [-0.3, -0.25) is 14.6 Å². The lowest BCUT2D eigenvalue weighted by Gasteiger charge is -2.18. The monoisotopic (exact) mass is 504 g/mol. The molecule has 4 aromatic rings. The van der Waals surface area contributed by atoms with Crippen LogP contribution in [0, 0.1) is 5.82 Å². The number of aromatic nitrogens is 4. The first-order valence-electron chi connectivity index (χ1n) is 12.1. The molecular formula is C26H29FN8O2. The van der Waals surface area contributed by atoms with Crippen LogP contribution in [0.3, 0.4) is 0 Å². The van der Waals surface area contributed by atoms with Crippen LogP contribution < -0.4 is 21.3 Å². The fraction of sp³-hybridized carbons (Fsp3) is 0.269. The molecule has 192 valence electrons. The molecule has 0 saturated heterocycles. The molecule has 37 heavy (non-hydrogen) atoms. The second kappa shape index (κ2) is 11.5. The summed E-state index contributed by atoms with van der Waals surface area (Å²) in [6.45, 7) is 4.21. The molecule has 1 aromatic carbocycles. The summed E-state index contributed by atoms with van der Waals surface area (Å²) >= 11 is 0. The molecule has 0 radical (unpaired) electrons. The molecule has 10 nitrogen and oxygen atoms in total. The van der Waals surface area contributed by atoms with Crippen molar-refractivity contribution in [3.63, 3.8) is 0 Å². The Morgan fingerprint density at radius 1 is 1.08 bits per heavy atom. The van der Waals surface area contributed by atoms with Gasteiger partial charge in [-0.15, -0.1) is 5.10 Å². The van der Waals surface area contributed by atoms with Crippen molar-refractivity contribution in [1.82, 2.24) is 24.9 Å². The van der Waals surface area contributed by atoms with Crippen LogP contribution in [0.1, 0.15) is 54.0 Å². The average Bonchev–Trinajstić information content (AvgIpc) is 3.34. The van der Waals surface area contributed by atoms with Gasteiger partial charge in [0.25, 0.3) is 11.8 Å². The summed E-state index contributed by atoms with van der Waals surface area (Å²) in [7, 11) is 1.57. The summed E-state index contributed by atoms with van der Waals surface area (Å²) in [5.41, 5.74) is 2.25. The van der Waals surface area contributed by atoms with E-state index in [1.165, 1.54) is 23.0 Å². The zero-order chi connectivity index (χ0) is 26.4. The van der Waals surface area contributed by atoms with Crippen LogP contribution in [0.15, 0.2) is 55.0 Å². The summed E-state index contributed by atoms with van der Waals surface area (Å²) in [6, 6.07) is 10.4. The highest BCUT2D eigenvalue weighted by molar-refractivity contribution is 6.04. The fourth-order valence-electron chi connectivity index (χ4n) is 3.92. The highest BCUT2D eigenvalue weighted by Gasteiger charge is 2.19. The van der Waals surface area contributed by atoms with E-state index in [4.69, 9.17) is 0 Å². The molecule has 3 aromatic heterocycles. The standard InChI is InChI=1S/C26H29FN8O2/c1-4-7-17(5-2)32-23-13-21(31-18-9-6-8-16(12-18)25(36)28-3)24-30-15-22(35(24)34-23)26(37)33-20-10-11-29-14-19(20)27/h6,8-15,17,31H,4-5,7H2,1-3H3,(H,28,36)(H,32,34)(H,29,33,37)/t17-/m1/s1. The molecule has 0 aliphatic rings. The topological polar surface area (TPSA) is 125 Å². The number of benzene rings is 1. The van der Waals surface area contributed by atoms with Gasteiger partial charge in [-0.25, -0.2) is 13.9 Å². The third kappa shape index (κ3) is 5.83. The van der Waals surface area contributed by atoms with Crippen LogP contribution in [0.5, 0.6) is 0 Å². The molecule has 11 heteroatoms. The van der Waals surface area contributed by atoms with E-state index in [-0.39, 0.29) is 23.3 Å². The number of nitrogens with zero attached hydrogens (tertiary/aromatic N) is 4. The number of carbonyl (C=O) groups excluding carboxylic acids is 2. The maximum Gasteiger partial charge on any atom is 0.276 e. The van der Waals surface area contributed by atoms with Crippen LogP contribution in [-0.4, -0.2) is 44.5 Å². The van der Waals surface area contributed by atoms with E-state index >= 15 is 0 Å². The van der Waals surface area contributed by atoms with Gasteiger partial charge in [-0.2, -0.15) is 0 Å². The number of fused-ring (bicyclic) bond motifs is 1. The Bertz CT molecular complexity index is 1420. The molecule has 0 unspecified atom stereocenters. The predicted molar refractivity (Wildman–Crippen MR) is 141 cm³/mol. The number of halogens is 1. The molecule has 0 spiro atoms. The Labute approximate surface area is 213 Å². The minimum atomic E-state index is -0.649. The normalized spacial score (nSPS) is 11.7. The first-order valence-corrected chi connectivity index (χ1v) is 12.1. The van der Waals surface area contributed by atoms with E-state index in [0.717, 1.165) is 25.5 Å². The van der Waals surface area contributed by atoms with Gasteiger partial charge in [-0.05, 0) is 37.1 Å². The van der Waals surface area contributed by atoms with Crippen molar-refractivity contribution < 1.29 is 14.0 Å². The van der Waals surface area contributed by atoms with E-state index in [1.807, 2.05) is 12.1 Å². The number of carbonyl (C=O) groups is 2. The zero-order valence-corrected chi connectivity index (χ0v) is 20.9. The van der Waals surface area contributed by atoms with Gasteiger partial charge in [0.15, 0.2) is 17.2 Å². The Morgan fingerprint density at radius 3 is 2.65 bits per heavy atom. The average molecular weight is 505 g/mol. The van der Waals surface area contributed by atoms with Crippen LogP contribution in [-0.2, 0) is 0 Å². The van der Waals surface area contributed by atoms with Crippen molar-refractivity contribution in [3.8, 4) is 0 Å². The van der Waals surface area contributed by atoms with Gasteiger partial charge < -0.3 is 21.3 Å². The van der Waals surface area contributed by atoms with E-state index in [0.29, 0.717) is 28.4 Å². The van der Waals surface area contributed by atoms with Crippen molar-refractivity contribution >= 4 is 40.3 Å². The molecule has 3 heterocycles. The van der Waals surface area contributed by atoms with Gasteiger partial charge in [-0.1, -0.05) is 26.3 Å². The summed E-state index contributed by atoms with van der Waals surface area (Å²) in [4.78, 5) is 33.3. The number of imidazole rings is 1. The minimum Gasteiger partial charge on any atom is -0.366 e. The summed E-state index contributed by atoms with van der Waals surface area (Å²) in [6.07, 6.45) is 6.64. The lowest BCUT2D eigenvalue weighted by Crippen LogP contribution is -2.21. The van der Waals surface area contributed by atoms with Gasteiger partial charge in [0, 0.05) is 36.6 Å². The molecule has 2 amide bonds. The SMILES string of the molecule is CCC[C@@H](CC)Nc1cc(Nc2cccc(C(=O)NC)c2)c2ncc(C(=O)Nc3ccncc3F)n2n1. The molecule has 0 bridgehead atoms. The van der Waals surface area contributed by atoms with Crippen LogP contribution in [0.4, 0.5) is 27.3 Å². The smallest absolute Gasteiger partial charge is 0.276 e. The van der Waals surface area contributed by atoms with Crippen molar-refractivity contribution in [2.75, 3.05) is 23.0 Å². The van der Waals surface area contributed by atoms with Gasteiger partial charge >= 0.3 is 0 Å². The highest BCUT2D eigenvalue weighted by atomic mass is 19.1. The van der Waals surface area contributed by atoms with Crippen molar-refractivity contribution in [2.45, 2.75) is 39.2 Å². The largest absolute Gasteiger partial charge is 0.366 e. The van der Waals surface area contributed by atoms with Gasteiger partial charge in [0.05, 0.1) is 23.8 Å². The molecule has 0 aliphatic heterocycles. The Morgan fingerprint density at radius 2 is 1.92 bits per heavy atom. The number of nitrogens with one attached hydrogen (secondary N) is 4. The highest BCUT2D eigenvalue weighted by Crippen LogP contribution is 2.26. The third-order valence-electron chi connectivity index (χ3n) is 5.83. The molecule has 0 fully saturated rings. The summed E-state index contributed by atoms with van der Waals surface area (Å²) < 4.78 is 15.5. The van der Waals surface area contributed by atoms with Gasteiger partial charge in [0.2, 0.25) is 0 Å². The van der Waals surface area contributed by atoms with Crippen LogP contribution in [0.25, 0.3) is 5.65 Å². The Balaban J connectivity index is 1.75. The first kappa shape index (κ1) is 25.5. The maximum absolute atomic E-state index is 14.1. The second-order valence-electron chi connectivity index (χ2n) is 8.45. The van der Waals surface area contributed by atoms with Crippen LogP contribution in [0.2, 0.25) is 0 Å². The van der Waals surface area contributed by atoms with Crippen molar-refractivity contribution in [2.24, 2.45) is 0 Å². The van der Waals surface area contributed by atoms with E-state index in [2.05, 4.69) is 50.2 Å². The molecule has 1 atom stereocenters. The quantitative estimate of drug-likeness (QED) is 0.249. The minimum absolute atomic E-state index is 0.00240. The van der Waals surface area contributed by atoms with Crippen molar-refractivity contribution in [1.29, 1.82) is 0 Å². The number of hydrogen-bond donors (Lipinski definition) is 4. The van der Waals surface area contributed by atoms with E-state index in [1.54, 1.807) is 25.2 Å². The van der Waals surface area contributed by atoms with E-state index < -0.39 is 11.7 Å². The Kier molecular flexibility index (Phi) is 7.92. The molecule has 0 saturated carbocycles. The fourth-order valence-corrected chi connectivity index (χ4v) is 3.92. The lowest BCUT2D eigenvalue weighted by molar-refractivity contribution is 0.0962. The molecular weight excluding hydrogens is 475 g/mol. The zero-order valence-electron chi connectivity index (χ0n) is 20.9. The summed E-state index contributed by atoms with van der Waals surface area (Å²) in [5, 5.41) is 16.5. The molecule has 0 aliphatic carbocycles. The van der Waals surface area contributed by atoms with E-state index in [9.17, 15) is 14.0 Å². The maximum atomic E-state index is 14.1. The third-order valence-corrected chi connectivity index (χ3v) is 5.83. The van der Waals surface area contributed by atoms with Crippen molar-refractivity contribution in [3.05, 3.63) is 72.1 Å². The van der Waals surface area contributed by atoms with Gasteiger partial charge in [0.1, 0.15) is 5.82 Å². The molecule has 4 N–H and O–H groups in total. The van der Waals surface area contributed by atoms with Crippen LogP contribution >= 0.6 is 0 Å². The second-order valence-corrected chi connectivity index (χ2v) is 8.45. The lowest BCUT2D eigenvalue weighted by atomic mass is 10.1. The predicted octanol–water partition coefficient (Wildman–Crippen LogP) is 4.61. The molecule has 4 rings (SSSR count). The Hall–Kier alpha value is -4.54. The summed E-state index contributed by atoms with van der Waals surface area (Å²) in [5.74, 6) is -0.890. The number of hydrogen-bond acceptors (Lipinski definition) is 7. The number of rotatable bonds is 10. The number of amides is 2.